The first-order chi connectivity index (χ1) is 6.87. The van der Waals surface area contributed by atoms with Gasteiger partial charge in [-0.25, -0.2) is 4.40 Å². The zero-order valence-corrected chi connectivity index (χ0v) is 11.9. The Labute approximate surface area is 96.6 Å². The van der Waals surface area contributed by atoms with Gasteiger partial charge >= 0.3 is 0 Å². The largest absolute Gasteiger partial charge is 0.369 e. The first-order valence-electron chi connectivity index (χ1n) is 5.67. The lowest BCUT2D eigenvalue weighted by Crippen LogP contribution is -2.41. The molecule has 92 valence electrons. The van der Waals surface area contributed by atoms with Crippen molar-refractivity contribution in [2.75, 3.05) is 25.3 Å². The number of guanidine groups is 1. The normalized spacial score (nSPS) is 14.5. The summed E-state index contributed by atoms with van der Waals surface area (Å²) in [7, 11) is 1.15. The molecule has 0 heterocycles. The third-order valence-electron chi connectivity index (χ3n) is 2.90. The van der Waals surface area contributed by atoms with E-state index in [1.54, 1.807) is 0 Å². The summed E-state index contributed by atoms with van der Waals surface area (Å²) in [4.78, 5) is 2.12. The van der Waals surface area contributed by atoms with Crippen molar-refractivity contribution in [3.63, 3.8) is 0 Å². The number of nitrogens with zero attached hydrogens (tertiary/aromatic N) is 2. The minimum absolute atomic E-state index is 0.515. The molecule has 0 radical (unpaired) electrons. The molecule has 0 unspecified atom stereocenters. The fraction of sp³-hybridized carbons (Fsp3) is 0.909. The highest BCUT2D eigenvalue weighted by Crippen LogP contribution is 2.40. The van der Waals surface area contributed by atoms with Gasteiger partial charge in [0.2, 0.25) is 5.96 Å². The van der Waals surface area contributed by atoms with Gasteiger partial charge in [-0.3, -0.25) is 0 Å². The lowest BCUT2D eigenvalue weighted by molar-refractivity contribution is 0.343. The van der Waals surface area contributed by atoms with Crippen LogP contribution in [0.5, 0.6) is 0 Å². The fourth-order valence-electron chi connectivity index (χ4n) is 1.41. The number of hydrogen-bond acceptors (Lipinski definition) is 1. The molecule has 0 aliphatic heterocycles. The van der Waals surface area contributed by atoms with Gasteiger partial charge in [-0.2, -0.15) is 0 Å². The zero-order valence-electron chi connectivity index (χ0n) is 11.1. The molecule has 0 fully saturated rings. The molecule has 2 N–H and O–H groups in total. The third-order valence-corrected chi connectivity index (χ3v) is 4.99. The highest BCUT2D eigenvalue weighted by molar-refractivity contribution is 8.31. The van der Waals surface area contributed by atoms with Crippen LogP contribution in [-0.4, -0.2) is 42.2 Å². The van der Waals surface area contributed by atoms with Crippen LogP contribution >= 0.6 is 10.2 Å². The maximum absolute atomic E-state index is 6.03. The zero-order chi connectivity index (χ0) is 12.1. The smallest absolute Gasteiger partial charge is 0.201 e. The van der Waals surface area contributed by atoms with Crippen LogP contribution in [0.2, 0.25) is 0 Å². The van der Waals surface area contributed by atoms with Crippen LogP contribution in [0.1, 0.15) is 33.6 Å². The van der Waals surface area contributed by atoms with E-state index >= 15 is 0 Å². The summed E-state index contributed by atoms with van der Waals surface area (Å²) < 4.78 is 4.65. The Bertz CT molecular complexity index is 210. The first kappa shape index (κ1) is 14.6. The molecule has 0 saturated heterocycles. The Balaban J connectivity index is 4.61. The molecule has 0 spiro atoms. The minimum atomic E-state index is -0.892. The molecular weight excluding hydrogens is 206 g/mol. The van der Waals surface area contributed by atoms with Crippen molar-refractivity contribution in [3.8, 4) is 0 Å². The number of nitrogens with two attached hydrogens (primary N) is 1. The molecule has 15 heavy (non-hydrogen) atoms. The highest BCUT2D eigenvalue weighted by Gasteiger charge is 2.15. The van der Waals surface area contributed by atoms with Gasteiger partial charge in [-0.05, 0) is 31.1 Å². The van der Waals surface area contributed by atoms with Crippen LogP contribution < -0.4 is 5.73 Å². The molecule has 0 aliphatic rings. The van der Waals surface area contributed by atoms with E-state index < -0.39 is 10.2 Å². The van der Waals surface area contributed by atoms with Crippen LogP contribution in [0, 0.1) is 0 Å². The van der Waals surface area contributed by atoms with Gasteiger partial charge in [0.05, 0.1) is 0 Å². The summed E-state index contributed by atoms with van der Waals surface area (Å²) in [6, 6.07) is 0.515. The average Bonchev–Trinajstić information content (AvgIpc) is 2.19. The van der Waals surface area contributed by atoms with Gasteiger partial charge in [0.25, 0.3) is 0 Å². The van der Waals surface area contributed by atoms with E-state index in [0.717, 1.165) is 18.6 Å². The standard InChI is InChI=1S/C11H27N3S/c1-7-10(8-2)14(4)11(12)13-15(5,6)9-3/h10H,7-9H2,1-6H3,(H2,12,13). The van der Waals surface area contributed by atoms with Gasteiger partial charge in [-0.1, -0.05) is 20.8 Å². The maximum atomic E-state index is 6.03. The van der Waals surface area contributed by atoms with E-state index in [4.69, 9.17) is 5.73 Å². The van der Waals surface area contributed by atoms with Crippen molar-refractivity contribution in [1.82, 2.24) is 4.90 Å². The minimum Gasteiger partial charge on any atom is -0.369 e. The molecule has 0 amide bonds. The lowest BCUT2D eigenvalue weighted by Gasteiger charge is -2.31. The average molecular weight is 233 g/mol. The van der Waals surface area contributed by atoms with Crippen molar-refractivity contribution in [1.29, 1.82) is 0 Å². The summed E-state index contributed by atoms with van der Waals surface area (Å²) in [5.41, 5.74) is 6.03. The van der Waals surface area contributed by atoms with E-state index in [2.05, 4.69) is 42.6 Å². The molecule has 0 bridgehead atoms. The van der Waals surface area contributed by atoms with Crippen LogP contribution in [-0.2, 0) is 0 Å². The summed E-state index contributed by atoms with van der Waals surface area (Å²) in [6.45, 7) is 6.55. The highest BCUT2D eigenvalue weighted by atomic mass is 32.3. The Morgan fingerprint density at radius 3 is 2.07 bits per heavy atom. The van der Waals surface area contributed by atoms with Crippen molar-refractivity contribution >= 4 is 16.2 Å². The molecule has 0 saturated carbocycles. The van der Waals surface area contributed by atoms with Gasteiger partial charge < -0.3 is 10.6 Å². The summed E-state index contributed by atoms with van der Waals surface area (Å²) in [5, 5.41) is 0. The number of hydrogen-bond donors (Lipinski definition) is 1. The van der Waals surface area contributed by atoms with E-state index in [1.165, 1.54) is 0 Å². The predicted molar refractivity (Wildman–Crippen MR) is 73.7 cm³/mol. The first-order valence-corrected chi connectivity index (χ1v) is 8.24. The molecule has 0 rings (SSSR count). The molecular formula is C11H27N3S. The topological polar surface area (TPSA) is 41.6 Å². The Morgan fingerprint density at radius 2 is 1.73 bits per heavy atom. The van der Waals surface area contributed by atoms with E-state index in [0.29, 0.717) is 12.0 Å². The summed E-state index contributed by atoms with van der Waals surface area (Å²) in [5.74, 6) is 1.79. The Morgan fingerprint density at radius 1 is 1.27 bits per heavy atom. The van der Waals surface area contributed by atoms with Crippen LogP contribution in [0.15, 0.2) is 4.40 Å². The van der Waals surface area contributed by atoms with Crippen LogP contribution in [0.25, 0.3) is 0 Å². The monoisotopic (exact) mass is 233 g/mol. The quantitative estimate of drug-likeness (QED) is 0.585. The molecule has 0 aromatic rings. The molecule has 3 nitrogen and oxygen atoms in total. The van der Waals surface area contributed by atoms with E-state index in [1.807, 2.05) is 7.05 Å². The summed E-state index contributed by atoms with van der Waals surface area (Å²) in [6.07, 6.45) is 6.62. The van der Waals surface area contributed by atoms with Crippen molar-refractivity contribution in [2.45, 2.75) is 39.7 Å². The SMILES string of the molecule is CCC(CC)N(C)C(N)=NS(C)(C)CC. The van der Waals surface area contributed by atoms with E-state index in [9.17, 15) is 0 Å². The number of rotatable bonds is 5. The second kappa shape index (κ2) is 6.26. The van der Waals surface area contributed by atoms with E-state index in [-0.39, 0.29) is 0 Å². The predicted octanol–water partition coefficient (Wildman–Crippen LogP) is 2.42. The second-order valence-corrected chi connectivity index (χ2v) is 8.02. The van der Waals surface area contributed by atoms with Gasteiger partial charge in [0.1, 0.15) is 0 Å². The van der Waals surface area contributed by atoms with Gasteiger partial charge in [-0.15, -0.1) is 10.2 Å². The second-order valence-electron chi connectivity index (χ2n) is 4.30. The van der Waals surface area contributed by atoms with Crippen molar-refractivity contribution in [2.24, 2.45) is 10.1 Å². The van der Waals surface area contributed by atoms with Gasteiger partial charge in [0.15, 0.2) is 0 Å². The molecule has 4 heteroatoms. The third kappa shape index (κ3) is 4.78. The molecule has 0 atom stereocenters. The van der Waals surface area contributed by atoms with Gasteiger partial charge in [0, 0.05) is 13.1 Å². The van der Waals surface area contributed by atoms with Crippen LogP contribution in [0.4, 0.5) is 0 Å². The molecule has 0 aromatic heterocycles. The fourth-order valence-corrected chi connectivity index (χ4v) is 2.17. The van der Waals surface area contributed by atoms with Crippen molar-refractivity contribution < 1.29 is 0 Å². The molecule has 0 aromatic carbocycles. The molecule has 0 aliphatic carbocycles. The van der Waals surface area contributed by atoms with Crippen molar-refractivity contribution in [3.05, 3.63) is 0 Å². The van der Waals surface area contributed by atoms with Crippen LogP contribution in [0.3, 0.4) is 0 Å². The Kier molecular flexibility index (Phi) is 6.10. The lowest BCUT2D eigenvalue weighted by atomic mass is 10.1. The maximum Gasteiger partial charge on any atom is 0.201 e. The Hall–Kier alpha value is -0.380. The summed E-state index contributed by atoms with van der Waals surface area (Å²) >= 11 is 0.